The molecule has 86 valence electrons. The van der Waals surface area contributed by atoms with Crippen LogP contribution < -0.4 is 5.32 Å². The molecule has 0 radical (unpaired) electrons. The van der Waals surface area contributed by atoms with E-state index in [9.17, 15) is 5.26 Å². The molecular weight excluding hydrogens is 216 g/mol. The molecule has 2 rings (SSSR count). The number of thiophene rings is 1. The van der Waals surface area contributed by atoms with E-state index in [-0.39, 0.29) is 5.54 Å². The fourth-order valence-corrected chi connectivity index (χ4v) is 3.15. The van der Waals surface area contributed by atoms with E-state index in [1.165, 1.54) is 4.88 Å². The van der Waals surface area contributed by atoms with Gasteiger partial charge in [0.25, 0.3) is 0 Å². The molecule has 0 bridgehead atoms. The fourth-order valence-electron chi connectivity index (χ4n) is 2.50. The van der Waals surface area contributed by atoms with E-state index >= 15 is 0 Å². The molecule has 1 aromatic rings. The van der Waals surface area contributed by atoms with Crippen LogP contribution in [0.3, 0.4) is 0 Å². The molecule has 16 heavy (non-hydrogen) atoms. The first kappa shape index (κ1) is 11.6. The molecule has 1 N–H and O–H groups in total. The number of nitrogens with zero attached hydrogens (tertiary/aromatic N) is 1. The molecule has 1 unspecified atom stereocenters. The smallest absolute Gasteiger partial charge is 0.107 e. The number of hydrogen-bond acceptors (Lipinski definition) is 3. The van der Waals surface area contributed by atoms with Gasteiger partial charge in [0.15, 0.2) is 0 Å². The Morgan fingerprint density at radius 3 is 2.81 bits per heavy atom. The number of nitriles is 1. The second kappa shape index (κ2) is 4.20. The molecule has 1 saturated carbocycles. The van der Waals surface area contributed by atoms with Crippen LogP contribution in [-0.2, 0) is 6.54 Å². The number of nitrogens with one attached hydrogen (secondary N) is 1. The monoisotopic (exact) mass is 234 g/mol. The predicted octanol–water partition coefficient (Wildman–Crippen LogP) is 3.31. The Balaban J connectivity index is 1.99. The summed E-state index contributed by atoms with van der Waals surface area (Å²) in [6.07, 6.45) is 3.07. The molecule has 0 spiro atoms. The number of hydrogen-bond donors (Lipinski definition) is 1. The van der Waals surface area contributed by atoms with E-state index < -0.39 is 0 Å². The third kappa shape index (κ3) is 2.45. The maximum absolute atomic E-state index is 9.37. The molecule has 1 aliphatic rings. The zero-order valence-electron chi connectivity index (χ0n) is 9.92. The molecule has 1 heterocycles. The molecule has 0 aliphatic heterocycles. The fraction of sp³-hybridized carbons (Fsp3) is 0.615. The van der Waals surface area contributed by atoms with E-state index in [1.54, 1.807) is 11.3 Å². The highest BCUT2D eigenvalue weighted by atomic mass is 32.1. The van der Waals surface area contributed by atoms with Crippen LogP contribution in [0.4, 0.5) is 0 Å². The maximum Gasteiger partial charge on any atom is 0.107 e. The average molecular weight is 234 g/mol. The van der Waals surface area contributed by atoms with Gasteiger partial charge in [-0.15, -0.1) is 11.3 Å². The lowest BCUT2D eigenvalue weighted by molar-refractivity contribution is 0.334. The molecule has 1 atom stereocenters. The zero-order valence-corrected chi connectivity index (χ0v) is 10.7. The van der Waals surface area contributed by atoms with Gasteiger partial charge in [0.05, 0.1) is 6.07 Å². The first-order chi connectivity index (χ1) is 7.55. The summed E-state index contributed by atoms with van der Waals surface area (Å²) >= 11 is 1.74. The molecular formula is C13H18N2S. The first-order valence-corrected chi connectivity index (χ1v) is 6.62. The summed E-state index contributed by atoms with van der Waals surface area (Å²) in [6, 6.07) is 6.66. The largest absolute Gasteiger partial charge is 0.294 e. The first-order valence-electron chi connectivity index (χ1n) is 5.74. The molecule has 3 heteroatoms. The van der Waals surface area contributed by atoms with Crippen molar-refractivity contribution in [1.29, 1.82) is 5.26 Å². The van der Waals surface area contributed by atoms with Crippen LogP contribution in [-0.4, -0.2) is 5.54 Å². The van der Waals surface area contributed by atoms with Crippen molar-refractivity contribution in [2.45, 2.75) is 45.2 Å². The van der Waals surface area contributed by atoms with Crippen LogP contribution in [0.1, 0.15) is 38.0 Å². The second-order valence-electron chi connectivity index (χ2n) is 5.47. The molecule has 1 aliphatic carbocycles. The van der Waals surface area contributed by atoms with Gasteiger partial charge in [0.2, 0.25) is 0 Å². The standard InChI is InChI=1S/C13H18N2S/c1-12(2)5-6-13(9-12,10-14)15-8-11-4-3-7-16-11/h3-4,7,15H,5-6,8-9H2,1-2H3. The van der Waals surface area contributed by atoms with Gasteiger partial charge in [-0.2, -0.15) is 5.26 Å². The number of rotatable bonds is 3. The van der Waals surface area contributed by atoms with Crippen molar-refractivity contribution in [2.75, 3.05) is 0 Å². The van der Waals surface area contributed by atoms with Crippen molar-refractivity contribution in [2.24, 2.45) is 5.41 Å². The van der Waals surface area contributed by atoms with Gasteiger partial charge in [0, 0.05) is 11.4 Å². The zero-order chi connectivity index (χ0) is 11.6. The van der Waals surface area contributed by atoms with E-state index in [2.05, 4.69) is 42.7 Å². The highest BCUT2D eigenvalue weighted by molar-refractivity contribution is 7.09. The van der Waals surface area contributed by atoms with Gasteiger partial charge in [-0.1, -0.05) is 19.9 Å². The van der Waals surface area contributed by atoms with Crippen LogP contribution in [0.2, 0.25) is 0 Å². The summed E-state index contributed by atoms with van der Waals surface area (Å²) in [5, 5.41) is 14.9. The van der Waals surface area contributed by atoms with Crippen molar-refractivity contribution < 1.29 is 0 Å². The minimum atomic E-state index is -0.298. The highest BCUT2D eigenvalue weighted by Gasteiger charge is 2.43. The minimum Gasteiger partial charge on any atom is -0.294 e. The predicted molar refractivity (Wildman–Crippen MR) is 67.1 cm³/mol. The Hall–Kier alpha value is -0.850. The van der Waals surface area contributed by atoms with Crippen LogP contribution in [0.15, 0.2) is 17.5 Å². The normalized spacial score (nSPS) is 27.8. The average Bonchev–Trinajstić information content (AvgIpc) is 2.84. The van der Waals surface area contributed by atoms with Gasteiger partial charge in [-0.05, 0) is 36.1 Å². The van der Waals surface area contributed by atoms with Crippen LogP contribution >= 0.6 is 11.3 Å². The maximum atomic E-state index is 9.37. The summed E-state index contributed by atoms with van der Waals surface area (Å²) in [5.74, 6) is 0. The lowest BCUT2D eigenvalue weighted by atomic mass is 9.88. The van der Waals surface area contributed by atoms with E-state index in [0.29, 0.717) is 5.41 Å². The molecule has 1 aromatic heterocycles. The molecule has 0 aromatic carbocycles. The van der Waals surface area contributed by atoms with Crippen LogP contribution in [0, 0.1) is 16.7 Å². The second-order valence-corrected chi connectivity index (χ2v) is 6.50. The van der Waals surface area contributed by atoms with Crippen molar-refractivity contribution >= 4 is 11.3 Å². The lowest BCUT2D eigenvalue weighted by Gasteiger charge is -2.24. The Morgan fingerprint density at radius 2 is 2.31 bits per heavy atom. The van der Waals surface area contributed by atoms with E-state index in [0.717, 1.165) is 25.8 Å². The summed E-state index contributed by atoms with van der Waals surface area (Å²) in [6.45, 7) is 5.32. The summed E-state index contributed by atoms with van der Waals surface area (Å²) in [7, 11) is 0. The highest BCUT2D eigenvalue weighted by Crippen LogP contribution is 2.43. The lowest BCUT2D eigenvalue weighted by Crippen LogP contribution is -2.41. The van der Waals surface area contributed by atoms with Crippen molar-refractivity contribution in [3.63, 3.8) is 0 Å². The quantitative estimate of drug-likeness (QED) is 0.871. The van der Waals surface area contributed by atoms with Gasteiger partial charge >= 0.3 is 0 Å². The third-order valence-corrected chi connectivity index (χ3v) is 4.28. The molecule has 0 amide bonds. The topological polar surface area (TPSA) is 35.8 Å². The Labute approximate surface area is 101 Å². The molecule has 0 saturated heterocycles. The Bertz CT molecular complexity index is 389. The van der Waals surface area contributed by atoms with Gasteiger partial charge in [0.1, 0.15) is 5.54 Å². The summed E-state index contributed by atoms with van der Waals surface area (Å²) in [4.78, 5) is 1.30. The SMILES string of the molecule is CC1(C)CCC(C#N)(NCc2cccs2)C1. The van der Waals surface area contributed by atoms with E-state index in [1.807, 2.05) is 0 Å². The third-order valence-electron chi connectivity index (χ3n) is 3.40. The van der Waals surface area contributed by atoms with E-state index in [4.69, 9.17) is 0 Å². The van der Waals surface area contributed by atoms with Crippen LogP contribution in [0.25, 0.3) is 0 Å². The minimum absolute atomic E-state index is 0.298. The van der Waals surface area contributed by atoms with Gasteiger partial charge < -0.3 is 0 Å². The Kier molecular flexibility index (Phi) is 3.05. The molecule has 1 fully saturated rings. The summed E-state index contributed by atoms with van der Waals surface area (Å²) < 4.78 is 0. The van der Waals surface area contributed by atoms with Crippen molar-refractivity contribution in [1.82, 2.24) is 5.32 Å². The van der Waals surface area contributed by atoms with Crippen molar-refractivity contribution in [3.05, 3.63) is 22.4 Å². The Morgan fingerprint density at radius 1 is 1.50 bits per heavy atom. The summed E-state index contributed by atoms with van der Waals surface area (Å²) in [5.41, 5.74) is 0.00562. The van der Waals surface area contributed by atoms with Gasteiger partial charge in [-0.25, -0.2) is 0 Å². The molecule has 2 nitrogen and oxygen atoms in total. The van der Waals surface area contributed by atoms with Gasteiger partial charge in [-0.3, -0.25) is 5.32 Å². The van der Waals surface area contributed by atoms with Crippen LogP contribution in [0.5, 0.6) is 0 Å². The van der Waals surface area contributed by atoms with Crippen molar-refractivity contribution in [3.8, 4) is 6.07 Å².